The molecule has 1 heterocycles. The maximum atomic E-state index is 11.1. The Labute approximate surface area is 105 Å². The normalized spacial score (nSPS) is 10.3. The van der Waals surface area contributed by atoms with E-state index in [0.29, 0.717) is 17.9 Å². The van der Waals surface area contributed by atoms with Gasteiger partial charge in [0.05, 0.1) is 12.7 Å². The van der Waals surface area contributed by atoms with Gasteiger partial charge in [0.25, 0.3) is 5.91 Å². The number of ether oxygens (including phenoxy) is 1. The summed E-state index contributed by atoms with van der Waals surface area (Å²) in [5, 5.41) is 0. The van der Waals surface area contributed by atoms with Crippen LogP contribution in [0.4, 0.5) is 5.82 Å². The summed E-state index contributed by atoms with van der Waals surface area (Å²) >= 11 is 0. The van der Waals surface area contributed by atoms with Gasteiger partial charge in [-0.15, -0.1) is 0 Å². The Morgan fingerprint density at radius 3 is 2.44 bits per heavy atom. The van der Waals surface area contributed by atoms with Crippen molar-refractivity contribution in [2.75, 3.05) is 12.8 Å². The maximum absolute atomic E-state index is 11.1. The molecule has 2 aromatic rings. The van der Waals surface area contributed by atoms with Gasteiger partial charge in [-0.3, -0.25) is 4.79 Å². The van der Waals surface area contributed by atoms with Crippen LogP contribution in [-0.2, 0) is 6.54 Å². The minimum Gasteiger partial charge on any atom is -0.497 e. The highest BCUT2D eigenvalue weighted by molar-refractivity contribution is 5.97. The first-order chi connectivity index (χ1) is 8.61. The van der Waals surface area contributed by atoms with E-state index in [9.17, 15) is 4.79 Å². The molecule has 0 unspecified atom stereocenters. The van der Waals surface area contributed by atoms with Crippen LogP contribution in [0, 0.1) is 0 Å². The second-order valence-corrected chi connectivity index (χ2v) is 3.95. The Kier molecular flexibility index (Phi) is 3.23. The standard InChI is InChI=1S/C13H15N3O2/c1-18-10-4-2-9(3-5-10)8-16-7-6-11(12(16)14)13(15)17/h2-7H,8,14H2,1H3,(H2,15,17). The number of amides is 1. The fourth-order valence-corrected chi connectivity index (χ4v) is 1.76. The quantitative estimate of drug-likeness (QED) is 0.849. The van der Waals surface area contributed by atoms with Crippen molar-refractivity contribution in [1.82, 2.24) is 4.57 Å². The minimum atomic E-state index is -0.513. The number of hydrogen-bond donors (Lipinski definition) is 2. The second kappa shape index (κ2) is 4.83. The molecule has 5 heteroatoms. The molecular formula is C13H15N3O2. The van der Waals surface area contributed by atoms with Crippen LogP contribution in [-0.4, -0.2) is 17.6 Å². The molecule has 1 amide bonds. The van der Waals surface area contributed by atoms with Crippen LogP contribution in [0.5, 0.6) is 5.75 Å². The van der Waals surface area contributed by atoms with E-state index in [1.54, 1.807) is 23.9 Å². The molecule has 2 rings (SSSR count). The lowest BCUT2D eigenvalue weighted by Gasteiger charge is -2.07. The Hall–Kier alpha value is -2.43. The molecule has 0 aliphatic heterocycles. The third-order valence-electron chi connectivity index (χ3n) is 2.78. The molecule has 1 aromatic carbocycles. The van der Waals surface area contributed by atoms with Crippen LogP contribution < -0.4 is 16.2 Å². The number of rotatable bonds is 4. The number of nitrogen functional groups attached to an aromatic ring is 1. The van der Waals surface area contributed by atoms with E-state index >= 15 is 0 Å². The number of hydrogen-bond acceptors (Lipinski definition) is 3. The van der Waals surface area contributed by atoms with E-state index in [1.807, 2.05) is 24.3 Å². The van der Waals surface area contributed by atoms with Crippen LogP contribution in [0.15, 0.2) is 36.5 Å². The molecule has 0 fully saturated rings. The van der Waals surface area contributed by atoms with Gasteiger partial charge < -0.3 is 20.8 Å². The second-order valence-electron chi connectivity index (χ2n) is 3.95. The van der Waals surface area contributed by atoms with Crippen LogP contribution in [0.25, 0.3) is 0 Å². The number of carbonyl (C=O) groups is 1. The monoisotopic (exact) mass is 245 g/mol. The third kappa shape index (κ3) is 2.29. The minimum absolute atomic E-state index is 0.350. The largest absolute Gasteiger partial charge is 0.497 e. The summed E-state index contributed by atoms with van der Waals surface area (Å²) in [6.45, 7) is 0.586. The molecule has 0 aliphatic rings. The Morgan fingerprint density at radius 1 is 1.28 bits per heavy atom. The molecule has 0 atom stereocenters. The van der Waals surface area contributed by atoms with Crippen molar-refractivity contribution >= 4 is 11.7 Å². The van der Waals surface area contributed by atoms with Crippen molar-refractivity contribution in [1.29, 1.82) is 0 Å². The number of nitrogens with zero attached hydrogens (tertiary/aromatic N) is 1. The number of methoxy groups -OCH3 is 1. The lowest BCUT2D eigenvalue weighted by atomic mass is 10.2. The zero-order chi connectivity index (χ0) is 13.1. The molecule has 0 saturated heterocycles. The summed E-state index contributed by atoms with van der Waals surface area (Å²) < 4.78 is 6.87. The fraction of sp³-hybridized carbons (Fsp3) is 0.154. The zero-order valence-corrected chi connectivity index (χ0v) is 10.1. The summed E-state index contributed by atoms with van der Waals surface area (Å²) in [5.41, 5.74) is 12.5. The van der Waals surface area contributed by atoms with E-state index in [1.165, 1.54) is 0 Å². The lowest BCUT2D eigenvalue weighted by molar-refractivity contribution is 0.100. The molecule has 0 aliphatic carbocycles. The van der Waals surface area contributed by atoms with Crippen molar-refractivity contribution in [3.8, 4) is 5.75 Å². The molecule has 0 radical (unpaired) electrons. The number of benzene rings is 1. The molecule has 0 saturated carbocycles. The highest BCUT2D eigenvalue weighted by Crippen LogP contribution is 2.17. The highest BCUT2D eigenvalue weighted by Gasteiger charge is 2.10. The zero-order valence-electron chi connectivity index (χ0n) is 10.1. The van der Waals surface area contributed by atoms with Crippen molar-refractivity contribution < 1.29 is 9.53 Å². The molecule has 18 heavy (non-hydrogen) atoms. The fourth-order valence-electron chi connectivity index (χ4n) is 1.76. The average Bonchev–Trinajstić information content (AvgIpc) is 2.72. The van der Waals surface area contributed by atoms with Crippen molar-refractivity contribution in [3.63, 3.8) is 0 Å². The van der Waals surface area contributed by atoms with Crippen LogP contribution in [0.1, 0.15) is 15.9 Å². The van der Waals surface area contributed by atoms with E-state index in [-0.39, 0.29) is 0 Å². The van der Waals surface area contributed by atoms with Gasteiger partial charge in [0.2, 0.25) is 0 Å². The number of anilines is 1. The Balaban J connectivity index is 2.20. The van der Waals surface area contributed by atoms with E-state index in [4.69, 9.17) is 16.2 Å². The van der Waals surface area contributed by atoms with Crippen molar-refractivity contribution in [3.05, 3.63) is 47.7 Å². The van der Waals surface area contributed by atoms with Crippen LogP contribution in [0.2, 0.25) is 0 Å². The summed E-state index contributed by atoms with van der Waals surface area (Å²) in [5.74, 6) is 0.677. The number of aromatic nitrogens is 1. The Morgan fingerprint density at radius 2 is 1.94 bits per heavy atom. The molecule has 0 bridgehead atoms. The molecule has 5 nitrogen and oxygen atoms in total. The topological polar surface area (TPSA) is 83.3 Å². The number of nitrogens with two attached hydrogens (primary N) is 2. The van der Waals surface area contributed by atoms with E-state index in [2.05, 4.69) is 0 Å². The summed E-state index contributed by atoms with van der Waals surface area (Å²) in [6.07, 6.45) is 1.75. The van der Waals surface area contributed by atoms with E-state index in [0.717, 1.165) is 11.3 Å². The maximum Gasteiger partial charge on any atom is 0.252 e. The summed E-state index contributed by atoms with van der Waals surface area (Å²) in [6, 6.07) is 9.28. The van der Waals surface area contributed by atoms with Gasteiger partial charge in [0.15, 0.2) is 0 Å². The third-order valence-corrected chi connectivity index (χ3v) is 2.78. The van der Waals surface area contributed by atoms with Gasteiger partial charge in [-0.2, -0.15) is 0 Å². The van der Waals surface area contributed by atoms with Gasteiger partial charge in [0, 0.05) is 12.7 Å². The van der Waals surface area contributed by atoms with Gasteiger partial charge in [0.1, 0.15) is 11.6 Å². The summed E-state index contributed by atoms with van der Waals surface area (Å²) in [7, 11) is 1.62. The van der Waals surface area contributed by atoms with Gasteiger partial charge in [-0.05, 0) is 23.8 Å². The molecule has 94 valence electrons. The molecular weight excluding hydrogens is 230 g/mol. The van der Waals surface area contributed by atoms with Crippen molar-refractivity contribution in [2.24, 2.45) is 5.73 Å². The lowest BCUT2D eigenvalue weighted by Crippen LogP contribution is -2.13. The highest BCUT2D eigenvalue weighted by atomic mass is 16.5. The molecule has 1 aromatic heterocycles. The van der Waals surface area contributed by atoms with Gasteiger partial charge in [-0.1, -0.05) is 12.1 Å². The SMILES string of the molecule is COc1ccc(Cn2ccc(C(N)=O)c2N)cc1. The van der Waals surface area contributed by atoms with E-state index < -0.39 is 5.91 Å². The number of primary amides is 1. The van der Waals surface area contributed by atoms with Gasteiger partial charge >= 0.3 is 0 Å². The van der Waals surface area contributed by atoms with Crippen LogP contribution in [0.3, 0.4) is 0 Å². The first-order valence-corrected chi connectivity index (χ1v) is 5.49. The summed E-state index contributed by atoms with van der Waals surface area (Å²) in [4.78, 5) is 11.1. The smallest absolute Gasteiger partial charge is 0.252 e. The van der Waals surface area contributed by atoms with Gasteiger partial charge in [-0.25, -0.2) is 0 Å². The first kappa shape index (κ1) is 12.0. The average molecular weight is 245 g/mol. The predicted octanol–water partition coefficient (Wildman–Crippen LogP) is 1.23. The van der Waals surface area contributed by atoms with Crippen LogP contribution >= 0.6 is 0 Å². The first-order valence-electron chi connectivity index (χ1n) is 5.49. The predicted molar refractivity (Wildman–Crippen MR) is 69.5 cm³/mol. The molecule has 0 spiro atoms. The Bertz CT molecular complexity index is 558. The number of carbonyl (C=O) groups excluding carboxylic acids is 1. The van der Waals surface area contributed by atoms with Crippen molar-refractivity contribution in [2.45, 2.75) is 6.54 Å². The molecule has 4 N–H and O–H groups in total.